The third-order valence-electron chi connectivity index (χ3n) is 11.0. The van der Waals surface area contributed by atoms with Crippen LogP contribution < -0.4 is 0 Å². The van der Waals surface area contributed by atoms with Crippen LogP contribution in [0.25, 0.3) is 44.5 Å². The lowest BCUT2D eigenvalue weighted by atomic mass is 9.70. The fourth-order valence-corrected chi connectivity index (χ4v) is 8.71. The van der Waals surface area contributed by atoms with Crippen molar-refractivity contribution in [1.82, 2.24) is 0 Å². The SMILES string of the molecule is N=C(N=C(N=Cc1cccc(-c2cccc(-c3cccc4c3-c3ccccc3C43c4ccccc4-c4ccccc43)c2)c1)c1ccccc1)c1ccccc1. The Bertz CT molecular complexity index is 2780. The zero-order valence-electron chi connectivity index (χ0n) is 30.0. The second-order valence-electron chi connectivity index (χ2n) is 14.1. The number of aliphatic imine (C=N–C) groups is 2. The summed E-state index contributed by atoms with van der Waals surface area (Å²) in [5, 5.41) is 8.67. The summed E-state index contributed by atoms with van der Waals surface area (Å²) >= 11 is 0. The first kappa shape index (κ1) is 32.4. The highest BCUT2D eigenvalue weighted by molar-refractivity contribution is 6.13. The molecule has 10 rings (SSSR count). The number of benzene rings is 8. The average molecular weight is 702 g/mol. The zero-order chi connectivity index (χ0) is 36.8. The van der Waals surface area contributed by atoms with E-state index in [0.29, 0.717) is 5.84 Å². The van der Waals surface area contributed by atoms with Gasteiger partial charge >= 0.3 is 0 Å². The molecule has 0 fully saturated rings. The van der Waals surface area contributed by atoms with Gasteiger partial charge in [0.2, 0.25) is 0 Å². The van der Waals surface area contributed by atoms with Crippen molar-refractivity contribution in [3.8, 4) is 44.5 Å². The van der Waals surface area contributed by atoms with Crippen LogP contribution in [0.5, 0.6) is 0 Å². The van der Waals surface area contributed by atoms with Gasteiger partial charge in [-0.15, -0.1) is 0 Å². The number of nitrogens with one attached hydrogen (secondary N) is 1. The van der Waals surface area contributed by atoms with Crippen molar-refractivity contribution in [2.24, 2.45) is 9.98 Å². The lowest BCUT2D eigenvalue weighted by Crippen LogP contribution is -2.25. The van der Waals surface area contributed by atoms with Crippen molar-refractivity contribution in [3.63, 3.8) is 0 Å². The number of hydrogen-bond donors (Lipinski definition) is 1. The van der Waals surface area contributed by atoms with Gasteiger partial charge < -0.3 is 0 Å². The molecule has 0 amide bonds. The molecule has 0 aromatic heterocycles. The predicted molar refractivity (Wildman–Crippen MR) is 227 cm³/mol. The molecule has 0 saturated heterocycles. The van der Waals surface area contributed by atoms with E-state index in [0.717, 1.165) is 27.8 Å². The topological polar surface area (TPSA) is 48.6 Å². The smallest absolute Gasteiger partial charge is 0.161 e. The van der Waals surface area contributed by atoms with E-state index in [1.54, 1.807) is 0 Å². The van der Waals surface area contributed by atoms with Crippen molar-refractivity contribution in [2.45, 2.75) is 5.41 Å². The van der Waals surface area contributed by atoms with E-state index in [1.807, 2.05) is 66.9 Å². The zero-order valence-corrected chi connectivity index (χ0v) is 30.0. The molecular formula is C52H35N3. The van der Waals surface area contributed by atoms with Crippen LogP contribution in [0.1, 0.15) is 38.9 Å². The maximum Gasteiger partial charge on any atom is 0.161 e. The molecule has 0 unspecified atom stereocenters. The Hall–Kier alpha value is -7.23. The summed E-state index contributed by atoms with van der Waals surface area (Å²) in [6, 6.07) is 70.5. The summed E-state index contributed by atoms with van der Waals surface area (Å²) in [4.78, 5) is 9.50. The maximum atomic E-state index is 8.67. The minimum absolute atomic E-state index is 0.171. The van der Waals surface area contributed by atoms with Crippen molar-refractivity contribution in [1.29, 1.82) is 5.41 Å². The Morgan fingerprint density at radius 2 is 0.909 bits per heavy atom. The highest BCUT2D eigenvalue weighted by atomic mass is 14.9. The first-order valence-corrected chi connectivity index (χ1v) is 18.7. The molecule has 3 heteroatoms. The van der Waals surface area contributed by atoms with Gasteiger partial charge in [0.05, 0.1) is 5.41 Å². The van der Waals surface area contributed by atoms with Crippen molar-refractivity contribution < 1.29 is 0 Å². The van der Waals surface area contributed by atoms with Gasteiger partial charge in [0.15, 0.2) is 11.7 Å². The van der Waals surface area contributed by atoms with E-state index < -0.39 is 0 Å². The second-order valence-corrected chi connectivity index (χ2v) is 14.1. The van der Waals surface area contributed by atoms with E-state index >= 15 is 0 Å². The molecule has 0 aliphatic heterocycles. The molecule has 3 nitrogen and oxygen atoms in total. The van der Waals surface area contributed by atoms with E-state index in [4.69, 9.17) is 10.4 Å². The highest BCUT2D eigenvalue weighted by Gasteiger charge is 2.51. The normalized spacial score (nSPS) is 13.3. The minimum Gasteiger partial charge on any atom is -0.282 e. The number of hydrogen-bond acceptors (Lipinski definition) is 1. The molecule has 0 saturated carbocycles. The van der Waals surface area contributed by atoms with Gasteiger partial charge in [0.1, 0.15) is 0 Å². The van der Waals surface area contributed by atoms with E-state index in [-0.39, 0.29) is 11.3 Å². The van der Waals surface area contributed by atoms with Crippen molar-refractivity contribution >= 4 is 17.9 Å². The second kappa shape index (κ2) is 13.3. The molecule has 8 aromatic carbocycles. The standard InChI is InChI=1S/C52H35N3/c53-50(36-17-3-1-4-18-36)55-51(37-19-5-2-6-20-37)54-34-35-16-13-21-38(32-35)39-22-14-23-40(33-39)41-27-15-31-48-49(41)44-26-9-12-30-47(44)52(48)45-28-10-7-24-42(45)43-25-8-11-29-46(43)52/h1-34,53H. The fourth-order valence-electron chi connectivity index (χ4n) is 8.71. The highest BCUT2D eigenvalue weighted by Crippen LogP contribution is 2.63. The molecule has 55 heavy (non-hydrogen) atoms. The fraction of sp³-hybridized carbons (Fsp3) is 0.0192. The van der Waals surface area contributed by atoms with Gasteiger partial charge in [-0.2, -0.15) is 0 Å². The van der Waals surface area contributed by atoms with Crippen LogP contribution in [0.4, 0.5) is 0 Å². The molecule has 0 bridgehead atoms. The van der Waals surface area contributed by atoms with Crippen LogP contribution in [0.15, 0.2) is 210 Å². The number of rotatable bonds is 5. The van der Waals surface area contributed by atoms with E-state index in [2.05, 4.69) is 145 Å². The van der Waals surface area contributed by atoms with Gasteiger partial charge in [-0.1, -0.05) is 188 Å². The molecule has 0 radical (unpaired) electrons. The van der Waals surface area contributed by atoms with Crippen molar-refractivity contribution in [2.75, 3.05) is 0 Å². The molecule has 2 aliphatic rings. The van der Waals surface area contributed by atoms with E-state index in [1.165, 1.54) is 55.6 Å². The molecule has 1 spiro atoms. The summed E-state index contributed by atoms with van der Waals surface area (Å²) in [5.41, 5.74) is 17.4. The molecular weight excluding hydrogens is 667 g/mol. The first-order chi connectivity index (χ1) is 27.2. The third-order valence-corrected chi connectivity index (χ3v) is 11.0. The van der Waals surface area contributed by atoms with Crippen molar-refractivity contribution in [3.05, 3.63) is 239 Å². The van der Waals surface area contributed by atoms with Crippen LogP contribution in [0, 0.1) is 5.41 Å². The Labute approximate surface area is 321 Å². The maximum absolute atomic E-state index is 8.67. The third kappa shape index (κ3) is 5.32. The molecule has 258 valence electrons. The van der Waals surface area contributed by atoms with Crippen LogP contribution in [-0.4, -0.2) is 17.9 Å². The van der Waals surface area contributed by atoms with Crippen LogP contribution in [0.2, 0.25) is 0 Å². The number of amidine groups is 2. The monoisotopic (exact) mass is 701 g/mol. The Kier molecular flexibility index (Phi) is 7.85. The quantitative estimate of drug-likeness (QED) is 0.137. The Morgan fingerprint density at radius 3 is 1.60 bits per heavy atom. The van der Waals surface area contributed by atoms with Gasteiger partial charge in [0.25, 0.3) is 0 Å². The first-order valence-electron chi connectivity index (χ1n) is 18.7. The van der Waals surface area contributed by atoms with Crippen LogP contribution >= 0.6 is 0 Å². The summed E-state index contributed by atoms with van der Waals surface area (Å²) < 4.78 is 0. The average Bonchev–Trinajstić information content (AvgIpc) is 3.73. The van der Waals surface area contributed by atoms with Crippen LogP contribution in [-0.2, 0) is 5.41 Å². The summed E-state index contributed by atoms with van der Waals surface area (Å²) in [6.45, 7) is 0. The van der Waals surface area contributed by atoms with Gasteiger partial charge in [0, 0.05) is 17.3 Å². The minimum atomic E-state index is -0.373. The van der Waals surface area contributed by atoms with Gasteiger partial charge in [-0.25, -0.2) is 9.98 Å². The predicted octanol–water partition coefficient (Wildman–Crippen LogP) is 12.3. The summed E-state index contributed by atoms with van der Waals surface area (Å²) in [6.07, 6.45) is 1.84. The molecule has 0 atom stereocenters. The Balaban J connectivity index is 1.05. The lowest BCUT2D eigenvalue weighted by molar-refractivity contribution is 0.794. The van der Waals surface area contributed by atoms with E-state index in [9.17, 15) is 0 Å². The molecule has 2 aliphatic carbocycles. The Morgan fingerprint density at radius 1 is 0.418 bits per heavy atom. The largest absolute Gasteiger partial charge is 0.282 e. The summed E-state index contributed by atoms with van der Waals surface area (Å²) in [5.74, 6) is 0.662. The number of fused-ring (bicyclic) bond motifs is 10. The van der Waals surface area contributed by atoms with Gasteiger partial charge in [-0.3, -0.25) is 5.41 Å². The molecule has 8 aromatic rings. The molecule has 0 heterocycles. The number of nitrogens with zero attached hydrogens (tertiary/aromatic N) is 2. The van der Waals surface area contributed by atoms with Crippen LogP contribution in [0.3, 0.4) is 0 Å². The van der Waals surface area contributed by atoms with Gasteiger partial charge in [-0.05, 0) is 84.5 Å². The summed E-state index contributed by atoms with van der Waals surface area (Å²) in [7, 11) is 0. The lowest BCUT2D eigenvalue weighted by Gasteiger charge is -2.30. The molecule has 1 N–H and O–H groups in total.